The third-order valence-corrected chi connectivity index (χ3v) is 5.52. The Kier molecular flexibility index (Phi) is 5.36. The van der Waals surface area contributed by atoms with Gasteiger partial charge in [0.25, 0.3) is 0 Å². The van der Waals surface area contributed by atoms with E-state index in [1.54, 1.807) is 11.1 Å². The maximum atomic E-state index is 13.0. The summed E-state index contributed by atoms with van der Waals surface area (Å²) in [4.78, 5) is 34.8. The second kappa shape index (κ2) is 7.97. The van der Waals surface area contributed by atoms with Crippen molar-refractivity contribution in [2.75, 3.05) is 42.5 Å². The molecule has 2 amide bonds. The highest BCUT2D eigenvalue weighted by Gasteiger charge is 2.39. The van der Waals surface area contributed by atoms with Gasteiger partial charge < -0.3 is 14.7 Å². The van der Waals surface area contributed by atoms with Crippen molar-refractivity contribution in [1.29, 1.82) is 0 Å². The van der Waals surface area contributed by atoms with Gasteiger partial charge in [-0.25, -0.2) is 4.98 Å². The summed E-state index contributed by atoms with van der Waals surface area (Å²) in [6.07, 6.45) is -2.75. The van der Waals surface area contributed by atoms with Gasteiger partial charge in [-0.3, -0.25) is 9.59 Å². The first-order valence-corrected chi connectivity index (χ1v) is 9.75. The zero-order chi connectivity index (χ0) is 21.3. The molecule has 1 aromatic heterocycles. The lowest BCUT2D eigenvalue weighted by molar-refractivity contribution is -0.137. The molecule has 2 fully saturated rings. The normalized spacial score (nSPS) is 20.0. The molecular weight excluding hydrogens is 397 g/mol. The van der Waals surface area contributed by atoms with Crippen LogP contribution in [0.15, 0.2) is 48.7 Å². The fraction of sp³-hybridized carbons (Fsp3) is 0.381. The fourth-order valence-electron chi connectivity index (χ4n) is 3.93. The van der Waals surface area contributed by atoms with Crippen LogP contribution in [0.5, 0.6) is 0 Å². The van der Waals surface area contributed by atoms with Crippen molar-refractivity contribution in [2.24, 2.45) is 5.92 Å². The molecule has 158 valence electrons. The van der Waals surface area contributed by atoms with Crippen LogP contribution >= 0.6 is 0 Å². The van der Waals surface area contributed by atoms with Crippen molar-refractivity contribution >= 4 is 23.3 Å². The number of aromatic nitrogens is 1. The largest absolute Gasteiger partial charge is 0.416 e. The highest BCUT2D eigenvalue weighted by molar-refractivity contribution is 6.00. The van der Waals surface area contributed by atoms with E-state index >= 15 is 0 Å². The molecule has 4 rings (SSSR count). The molecule has 2 saturated heterocycles. The summed E-state index contributed by atoms with van der Waals surface area (Å²) >= 11 is 0. The number of alkyl halides is 3. The monoisotopic (exact) mass is 418 g/mol. The maximum absolute atomic E-state index is 13.0. The number of hydrogen-bond donors (Lipinski definition) is 0. The van der Waals surface area contributed by atoms with E-state index in [4.69, 9.17) is 0 Å². The van der Waals surface area contributed by atoms with Gasteiger partial charge in [0, 0.05) is 51.0 Å². The first kappa shape index (κ1) is 20.2. The van der Waals surface area contributed by atoms with Crippen molar-refractivity contribution in [3.63, 3.8) is 0 Å². The highest BCUT2D eigenvalue weighted by Crippen LogP contribution is 2.33. The maximum Gasteiger partial charge on any atom is 0.416 e. The van der Waals surface area contributed by atoms with Crippen molar-refractivity contribution in [1.82, 2.24) is 9.88 Å². The van der Waals surface area contributed by atoms with Crippen molar-refractivity contribution in [3.05, 3.63) is 54.2 Å². The minimum atomic E-state index is -4.48. The van der Waals surface area contributed by atoms with Crippen molar-refractivity contribution in [3.8, 4) is 0 Å². The molecule has 30 heavy (non-hydrogen) atoms. The van der Waals surface area contributed by atoms with Crippen LogP contribution in [0, 0.1) is 5.92 Å². The number of nitrogens with zero attached hydrogens (tertiary/aromatic N) is 4. The molecule has 0 saturated carbocycles. The topological polar surface area (TPSA) is 56.8 Å². The number of rotatable bonds is 3. The van der Waals surface area contributed by atoms with Crippen LogP contribution in [-0.2, 0) is 15.8 Å². The Morgan fingerprint density at radius 1 is 1.03 bits per heavy atom. The smallest absolute Gasteiger partial charge is 0.353 e. The van der Waals surface area contributed by atoms with Crippen LogP contribution in [0.1, 0.15) is 12.0 Å². The van der Waals surface area contributed by atoms with E-state index in [2.05, 4.69) is 9.88 Å². The first-order valence-electron chi connectivity index (χ1n) is 9.75. The van der Waals surface area contributed by atoms with Gasteiger partial charge in [0.2, 0.25) is 11.8 Å². The number of amides is 2. The molecule has 6 nitrogen and oxygen atoms in total. The minimum absolute atomic E-state index is 0.00946. The number of halogens is 3. The predicted molar refractivity (Wildman–Crippen MR) is 105 cm³/mol. The van der Waals surface area contributed by atoms with E-state index in [0.29, 0.717) is 26.2 Å². The molecule has 3 heterocycles. The Morgan fingerprint density at radius 2 is 1.80 bits per heavy atom. The van der Waals surface area contributed by atoms with Crippen molar-refractivity contribution < 1.29 is 22.8 Å². The van der Waals surface area contributed by atoms with E-state index in [-0.39, 0.29) is 30.5 Å². The average Bonchev–Trinajstić information content (AvgIpc) is 3.15. The Labute approximate surface area is 171 Å². The molecule has 1 aromatic carbocycles. The Morgan fingerprint density at radius 3 is 2.47 bits per heavy atom. The lowest BCUT2D eigenvalue weighted by Crippen LogP contribution is -2.51. The van der Waals surface area contributed by atoms with E-state index in [0.717, 1.165) is 18.0 Å². The van der Waals surface area contributed by atoms with Gasteiger partial charge >= 0.3 is 6.18 Å². The van der Waals surface area contributed by atoms with Crippen LogP contribution in [0.4, 0.5) is 24.7 Å². The van der Waals surface area contributed by atoms with Crippen LogP contribution in [0.25, 0.3) is 0 Å². The minimum Gasteiger partial charge on any atom is -0.353 e. The van der Waals surface area contributed by atoms with Gasteiger partial charge in [-0.2, -0.15) is 13.2 Å². The number of anilines is 2. The lowest BCUT2D eigenvalue weighted by Gasteiger charge is -2.36. The van der Waals surface area contributed by atoms with Gasteiger partial charge in [0.1, 0.15) is 5.82 Å². The molecule has 2 aliphatic heterocycles. The molecule has 0 bridgehead atoms. The van der Waals surface area contributed by atoms with Gasteiger partial charge in [0.15, 0.2) is 0 Å². The van der Waals surface area contributed by atoms with Crippen LogP contribution < -0.4 is 9.80 Å². The highest BCUT2D eigenvalue weighted by atomic mass is 19.4. The SMILES string of the molecule is O=C([C@@H]1CC(=O)N(c2cccc(C(F)(F)F)c2)C1)N1CCN(c2ccccn2)CC1. The average molecular weight is 418 g/mol. The zero-order valence-electron chi connectivity index (χ0n) is 16.2. The van der Waals surface area contributed by atoms with Crippen LogP contribution in [0.2, 0.25) is 0 Å². The first-order chi connectivity index (χ1) is 14.3. The number of benzene rings is 1. The summed E-state index contributed by atoms with van der Waals surface area (Å²) in [5.74, 6) is -0.150. The molecule has 0 aliphatic carbocycles. The standard InChI is InChI=1S/C21H21F3N4O2/c22-21(23,24)16-4-3-5-17(13-16)28-14-15(12-19(28)29)20(30)27-10-8-26(9-11-27)18-6-1-2-7-25-18/h1-7,13,15H,8-12,14H2/t15-/m1/s1. The van der Waals surface area contributed by atoms with Gasteiger partial charge in [-0.15, -0.1) is 0 Å². The second-order valence-corrected chi connectivity index (χ2v) is 7.45. The van der Waals surface area contributed by atoms with Gasteiger partial charge in [-0.05, 0) is 30.3 Å². The third kappa shape index (κ3) is 4.10. The summed E-state index contributed by atoms with van der Waals surface area (Å²) < 4.78 is 38.9. The third-order valence-electron chi connectivity index (χ3n) is 5.52. The second-order valence-electron chi connectivity index (χ2n) is 7.45. The number of piperazine rings is 1. The van der Waals surface area contributed by atoms with Crippen LogP contribution in [-0.4, -0.2) is 54.4 Å². The predicted octanol–water partition coefficient (Wildman–Crippen LogP) is 2.80. The van der Waals surface area contributed by atoms with E-state index in [9.17, 15) is 22.8 Å². The molecule has 0 radical (unpaired) electrons. The summed E-state index contributed by atoms with van der Waals surface area (Å²) in [5, 5.41) is 0. The Balaban J connectivity index is 1.39. The fourth-order valence-corrected chi connectivity index (χ4v) is 3.93. The molecule has 2 aliphatic rings. The van der Waals surface area contributed by atoms with Crippen molar-refractivity contribution in [2.45, 2.75) is 12.6 Å². The van der Waals surface area contributed by atoms with E-state index in [1.807, 2.05) is 18.2 Å². The number of pyridine rings is 1. The zero-order valence-corrected chi connectivity index (χ0v) is 16.2. The Hall–Kier alpha value is -3.10. The van der Waals surface area contributed by atoms with Crippen LogP contribution in [0.3, 0.4) is 0 Å². The summed E-state index contributed by atoms with van der Waals surface area (Å²) in [5.41, 5.74) is -0.640. The summed E-state index contributed by atoms with van der Waals surface area (Å²) in [7, 11) is 0. The van der Waals surface area contributed by atoms with Gasteiger partial charge in [-0.1, -0.05) is 12.1 Å². The Bertz CT molecular complexity index is 927. The number of carbonyl (C=O) groups is 2. The molecule has 0 N–H and O–H groups in total. The molecular formula is C21H21F3N4O2. The molecule has 0 spiro atoms. The number of hydrogen-bond acceptors (Lipinski definition) is 4. The van der Waals surface area contributed by atoms with E-state index < -0.39 is 17.7 Å². The molecule has 2 aromatic rings. The quantitative estimate of drug-likeness (QED) is 0.769. The molecule has 1 atom stereocenters. The molecule has 0 unspecified atom stereocenters. The van der Waals surface area contributed by atoms with Gasteiger partial charge in [0.05, 0.1) is 11.5 Å². The lowest BCUT2D eigenvalue weighted by atomic mass is 10.1. The molecule has 9 heteroatoms. The number of carbonyl (C=O) groups excluding carboxylic acids is 2. The summed E-state index contributed by atoms with van der Waals surface area (Å²) in [6.45, 7) is 2.41. The van der Waals surface area contributed by atoms with E-state index in [1.165, 1.54) is 17.0 Å². The summed E-state index contributed by atoms with van der Waals surface area (Å²) in [6, 6.07) is 10.3.